The van der Waals surface area contributed by atoms with Crippen molar-refractivity contribution in [1.82, 2.24) is 0 Å². The molecular weight excluding hydrogens is 288 g/mol. The number of rotatable bonds is 3. The van der Waals surface area contributed by atoms with E-state index in [9.17, 15) is 9.59 Å². The number of carboxylic acids is 1. The minimum Gasteiger partial charge on any atom is -0.489 e. The molecule has 7 nitrogen and oxygen atoms in total. The summed E-state index contributed by atoms with van der Waals surface area (Å²) in [5, 5.41) is 8.56. The summed E-state index contributed by atoms with van der Waals surface area (Å²) in [6.45, 7) is -0.345. The minimum absolute atomic E-state index is 0. The summed E-state index contributed by atoms with van der Waals surface area (Å²) in [5.74, 6) is -0.488. The molecule has 0 fully saturated rings. The smallest absolute Gasteiger partial charge is 0.341 e. The van der Waals surface area contributed by atoms with Gasteiger partial charge in [0.15, 0.2) is 6.61 Å². The van der Waals surface area contributed by atoms with Crippen molar-refractivity contribution in [3.63, 3.8) is 0 Å². The van der Waals surface area contributed by atoms with E-state index in [2.05, 4.69) is 0 Å². The number of fused-ring (bicyclic) bond motifs is 1. The largest absolute Gasteiger partial charge is 0.489 e. The second-order valence-corrected chi connectivity index (χ2v) is 4.13. The van der Waals surface area contributed by atoms with Gasteiger partial charge in [0.2, 0.25) is 5.91 Å². The normalized spacial score (nSPS) is 17.4. The van der Waals surface area contributed by atoms with Crippen molar-refractivity contribution in [3.05, 3.63) is 18.2 Å². The molecule has 0 unspecified atom stereocenters. The molecule has 3 N–H and O–H groups in total. The van der Waals surface area contributed by atoms with Gasteiger partial charge < -0.3 is 25.2 Å². The van der Waals surface area contributed by atoms with Gasteiger partial charge in [-0.25, -0.2) is 4.79 Å². The summed E-state index contributed by atoms with van der Waals surface area (Å²) in [6, 6.07) is 4.03. The van der Waals surface area contributed by atoms with Gasteiger partial charge in [0.05, 0.1) is 5.69 Å². The first-order valence-electron chi connectivity index (χ1n) is 5.63. The van der Waals surface area contributed by atoms with Crippen molar-refractivity contribution in [2.45, 2.75) is 6.04 Å². The number of benzene rings is 1. The van der Waals surface area contributed by atoms with Crippen LogP contribution in [-0.4, -0.2) is 43.3 Å². The zero-order valence-corrected chi connectivity index (χ0v) is 11.6. The van der Waals surface area contributed by atoms with Gasteiger partial charge in [-0.15, -0.1) is 12.4 Å². The standard InChI is InChI=1S/C12H14N2O5.ClH/c1-14-9-4-7(18-6-11(15)16)2-3-10(9)19-5-8(13)12(14)17;/h2-4,8H,5-6,13H2,1H3,(H,15,16);1H/t8-;/m0./s1. The fraction of sp³-hybridized carbons (Fsp3) is 0.333. The van der Waals surface area contributed by atoms with E-state index in [1.807, 2.05) is 0 Å². The number of nitrogens with two attached hydrogens (primary N) is 1. The lowest BCUT2D eigenvalue weighted by Gasteiger charge is -2.18. The maximum Gasteiger partial charge on any atom is 0.341 e. The van der Waals surface area contributed by atoms with Gasteiger partial charge in [-0.05, 0) is 12.1 Å². The van der Waals surface area contributed by atoms with Gasteiger partial charge in [0, 0.05) is 13.1 Å². The molecule has 0 spiro atoms. The van der Waals surface area contributed by atoms with E-state index in [0.29, 0.717) is 17.2 Å². The number of halogens is 1. The summed E-state index contributed by atoms with van der Waals surface area (Å²) in [4.78, 5) is 23.7. The summed E-state index contributed by atoms with van der Waals surface area (Å²) in [6.07, 6.45) is 0. The number of amides is 1. The van der Waals surface area contributed by atoms with Crippen LogP contribution in [0.15, 0.2) is 18.2 Å². The zero-order chi connectivity index (χ0) is 14.0. The van der Waals surface area contributed by atoms with Gasteiger partial charge in [0.25, 0.3) is 0 Å². The van der Waals surface area contributed by atoms with Gasteiger partial charge in [0.1, 0.15) is 24.1 Å². The molecule has 0 radical (unpaired) electrons. The van der Waals surface area contributed by atoms with Crippen molar-refractivity contribution < 1.29 is 24.2 Å². The number of ether oxygens (including phenoxy) is 2. The summed E-state index contributed by atoms with van der Waals surface area (Å²) >= 11 is 0. The van der Waals surface area contributed by atoms with Crippen LogP contribution in [0.4, 0.5) is 5.69 Å². The number of likely N-dealkylation sites (N-methyl/N-ethyl adjacent to an activating group) is 1. The molecule has 0 bridgehead atoms. The van der Waals surface area contributed by atoms with Crippen molar-refractivity contribution in [2.75, 3.05) is 25.2 Å². The molecule has 1 aromatic rings. The zero-order valence-electron chi connectivity index (χ0n) is 10.7. The van der Waals surface area contributed by atoms with E-state index in [1.54, 1.807) is 25.2 Å². The third-order valence-electron chi connectivity index (χ3n) is 2.72. The maximum atomic E-state index is 11.9. The van der Waals surface area contributed by atoms with E-state index < -0.39 is 18.6 Å². The first kappa shape index (κ1) is 16.1. The third kappa shape index (κ3) is 3.31. The molecule has 0 aliphatic carbocycles. The molecule has 0 aromatic heterocycles. The van der Waals surface area contributed by atoms with E-state index in [4.69, 9.17) is 20.3 Å². The lowest BCUT2D eigenvalue weighted by Crippen LogP contribution is -2.43. The maximum absolute atomic E-state index is 11.9. The highest BCUT2D eigenvalue weighted by Gasteiger charge is 2.26. The number of hydrogen-bond acceptors (Lipinski definition) is 5. The lowest BCUT2D eigenvalue weighted by atomic mass is 10.2. The van der Waals surface area contributed by atoms with Crippen LogP contribution in [0.25, 0.3) is 0 Å². The Hall–Kier alpha value is -1.99. The van der Waals surface area contributed by atoms with Gasteiger partial charge in [-0.3, -0.25) is 4.79 Å². The average molecular weight is 303 g/mol. The predicted molar refractivity (Wildman–Crippen MR) is 73.7 cm³/mol. The van der Waals surface area contributed by atoms with Crippen LogP contribution in [0.1, 0.15) is 0 Å². The fourth-order valence-electron chi connectivity index (χ4n) is 1.73. The van der Waals surface area contributed by atoms with Gasteiger partial charge in [-0.2, -0.15) is 0 Å². The Morgan fingerprint density at radius 2 is 2.30 bits per heavy atom. The van der Waals surface area contributed by atoms with Crippen molar-refractivity contribution in [2.24, 2.45) is 5.73 Å². The number of nitrogens with zero attached hydrogens (tertiary/aromatic N) is 1. The Kier molecular flexibility index (Phi) is 5.18. The molecule has 1 atom stereocenters. The number of carbonyl (C=O) groups is 2. The second-order valence-electron chi connectivity index (χ2n) is 4.13. The molecular formula is C12H15ClN2O5. The highest BCUT2D eigenvalue weighted by atomic mass is 35.5. The van der Waals surface area contributed by atoms with Crippen LogP contribution in [-0.2, 0) is 9.59 Å². The highest BCUT2D eigenvalue weighted by molar-refractivity contribution is 5.98. The Labute approximate surface area is 121 Å². The predicted octanol–water partition coefficient (Wildman–Crippen LogP) is 0.254. The number of carboxylic acid groups (broad SMARTS) is 1. The van der Waals surface area contributed by atoms with Crippen LogP contribution in [0.2, 0.25) is 0 Å². The van der Waals surface area contributed by atoms with E-state index >= 15 is 0 Å². The molecule has 110 valence electrons. The minimum atomic E-state index is -1.07. The topological polar surface area (TPSA) is 102 Å². The van der Waals surface area contributed by atoms with Crippen LogP contribution in [0.5, 0.6) is 11.5 Å². The van der Waals surface area contributed by atoms with Crippen molar-refractivity contribution in [1.29, 1.82) is 0 Å². The number of hydrogen-bond donors (Lipinski definition) is 2. The molecule has 0 saturated heterocycles. The first-order valence-corrected chi connectivity index (χ1v) is 5.63. The molecule has 1 aliphatic heterocycles. The van der Waals surface area contributed by atoms with Gasteiger partial charge in [-0.1, -0.05) is 0 Å². The quantitative estimate of drug-likeness (QED) is 0.830. The molecule has 20 heavy (non-hydrogen) atoms. The second kappa shape index (κ2) is 6.44. The van der Waals surface area contributed by atoms with E-state index in [-0.39, 0.29) is 24.9 Å². The average Bonchev–Trinajstić information content (AvgIpc) is 2.49. The Bertz CT molecular complexity index is 523. The van der Waals surface area contributed by atoms with Crippen LogP contribution in [0, 0.1) is 0 Å². The SMILES string of the molecule is CN1C(=O)[C@@H](N)COc2ccc(OCC(=O)O)cc21.Cl. The summed E-state index contributed by atoms with van der Waals surface area (Å²) in [7, 11) is 1.58. The molecule has 1 aliphatic rings. The van der Waals surface area contributed by atoms with Crippen LogP contribution >= 0.6 is 12.4 Å². The fourth-order valence-corrected chi connectivity index (χ4v) is 1.73. The number of carbonyl (C=O) groups excluding carboxylic acids is 1. The van der Waals surface area contributed by atoms with E-state index in [0.717, 1.165) is 0 Å². The third-order valence-corrected chi connectivity index (χ3v) is 2.72. The molecule has 1 amide bonds. The molecule has 8 heteroatoms. The van der Waals surface area contributed by atoms with Crippen LogP contribution in [0.3, 0.4) is 0 Å². The van der Waals surface area contributed by atoms with E-state index in [1.165, 1.54) is 4.90 Å². The van der Waals surface area contributed by atoms with Crippen LogP contribution < -0.4 is 20.1 Å². The molecule has 1 aromatic carbocycles. The molecule has 2 rings (SSSR count). The van der Waals surface area contributed by atoms with Crippen molar-refractivity contribution >= 4 is 30.0 Å². The first-order chi connectivity index (χ1) is 8.99. The number of aliphatic carboxylic acids is 1. The monoisotopic (exact) mass is 302 g/mol. The molecule has 1 heterocycles. The Morgan fingerprint density at radius 1 is 1.60 bits per heavy atom. The molecule has 0 saturated carbocycles. The number of anilines is 1. The Balaban J connectivity index is 0.00000200. The summed E-state index contributed by atoms with van der Waals surface area (Å²) < 4.78 is 10.5. The lowest BCUT2D eigenvalue weighted by molar-refractivity contribution is -0.139. The van der Waals surface area contributed by atoms with Gasteiger partial charge >= 0.3 is 5.97 Å². The van der Waals surface area contributed by atoms with Crippen molar-refractivity contribution in [3.8, 4) is 11.5 Å². The highest BCUT2D eigenvalue weighted by Crippen LogP contribution is 2.33. The Morgan fingerprint density at radius 3 is 2.95 bits per heavy atom. The summed E-state index contributed by atoms with van der Waals surface area (Å²) in [5.41, 5.74) is 6.16.